The molecular weight excluding hydrogens is 384 g/mol. The smallest absolute Gasteiger partial charge is 0.236 e. The zero-order valence-corrected chi connectivity index (χ0v) is 16.7. The fourth-order valence-corrected chi connectivity index (χ4v) is 4.42. The Morgan fingerprint density at radius 1 is 0.759 bits per heavy atom. The molecule has 1 aromatic heterocycles. The van der Waals surface area contributed by atoms with Crippen molar-refractivity contribution in [2.45, 2.75) is 0 Å². The lowest BCUT2D eigenvalue weighted by molar-refractivity contribution is 0.388. The summed E-state index contributed by atoms with van der Waals surface area (Å²) in [5.41, 5.74) is 2.71. The molecule has 0 aliphatic carbocycles. The van der Waals surface area contributed by atoms with E-state index in [1.54, 1.807) is 6.08 Å². The summed E-state index contributed by atoms with van der Waals surface area (Å²) >= 11 is 0. The van der Waals surface area contributed by atoms with E-state index in [9.17, 15) is 8.42 Å². The van der Waals surface area contributed by atoms with Crippen molar-refractivity contribution in [3.05, 3.63) is 83.8 Å². The molecule has 29 heavy (non-hydrogen) atoms. The highest BCUT2D eigenvalue weighted by Crippen LogP contribution is 2.20. The van der Waals surface area contributed by atoms with Gasteiger partial charge in [-0.15, -0.1) is 10.2 Å². The Morgan fingerprint density at radius 2 is 1.41 bits per heavy atom. The zero-order valence-electron chi connectivity index (χ0n) is 15.9. The van der Waals surface area contributed by atoms with Crippen LogP contribution in [0.5, 0.6) is 0 Å². The fourth-order valence-electron chi connectivity index (χ4n) is 3.24. The molecule has 2 heterocycles. The number of rotatable bonds is 5. The van der Waals surface area contributed by atoms with Gasteiger partial charge in [0, 0.05) is 37.2 Å². The van der Waals surface area contributed by atoms with Gasteiger partial charge in [0.15, 0.2) is 5.82 Å². The lowest BCUT2D eigenvalue weighted by Gasteiger charge is -2.33. The summed E-state index contributed by atoms with van der Waals surface area (Å²) < 4.78 is 26.7. The number of nitrogens with zero attached hydrogens (tertiary/aromatic N) is 4. The first-order chi connectivity index (χ1) is 14.1. The summed E-state index contributed by atoms with van der Waals surface area (Å²) in [4.78, 5) is 2.06. The Bertz CT molecular complexity index is 1060. The molecule has 0 N–H and O–H groups in total. The average molecular weight is 407 g/mol. The van der Waals surface area contributed by atoms with E-state index >= 15 is 0 Å². The number of piperazine rings is 1. The van der Waals surface area contributed by atoms with Gasteiger partial charge in [-0.25, -0.2) is 8.42 Å². The summed E-state index contributed by atoms with van der Waals surface area (Å²) in [6, 6.07) is 23.2. The number of sulfonamides is 1. The first-order valence-electron chi connectivity index (χ1n) is 9.49. The molecule has 148 valence electrons. The summed E-state index contributed by atoms with van der Waals surface area (Å²) in [6.45, 7) is 2.00. The molecule has 0 unspecified atom stereocenters. The zero-order chi connectivity index (χ0) is 20.1. The maximum absolute atomic E-state index is 12.6. The number of anilines is 1. The van der Waals surface area contributed by atoms with E-state index < -0.39 is 10.0 Å². The second-order valence-corrected chi connectivity index (χ2v) is 8.61. The van der Waals surface area contributed by atoms with Crippen LogP contribution in [0.3, 0.4) is 0 Å². The molecule has 1 aliphatic rings. The van der Waals surface area contributed by atoms with E-state index in [0.29, 0.717) is 26.2 Å². The summed E-state index contributed by atoms with van der Waals surface area (Å²) in [5.74, 6) is 0.765. The molecule has 0 bridgehead atoms. The third kappa shape index (κ3) is 4.70. The lowest BCUT2D eigenvalue weighted by atomic mass is 10.1. The van der Waals surface area contributed by atoms with E-state index in [1.165, 1.54) is 9.71 Å². The van der Waals surface area contributed by atoms with Crippen LogP contribution in [0.25, 0.3) is 17.3 Å². The van der Waals surface area contributed by atoms with Crippen LogP contribution in [0.15, 0.2) is 78.2 Å². The normalized spacial score (nSPS) is 15.7. The highest BCUT2D eigenvalue weighted by Gasteiger charge is 2.25. The van der Waals surface area contributed by atoms with Crippen molar-refractivity contribution < 1.29 is 8.42 Å². The van der Waals surface area contributed by atoms with Crippen molar-refractivity contribution >= 4 is 21.9 Å². The average Bonchev–Trinajstić information content (AvgIpc) is 2.79. The highest BCUT2D eigenvalue weighted by atomic mass is 32.2. The van der Waals surface area contributed by atoms with Gasteiger partial charge in [-0.2, -0.15) is 4.31 Å². The number of aromatic nitrogens is 2. The minimum absolute atomic E-state index is 0.420. The number of hydrogen-bond donors (Lipinski definition) is 0. The summed E-state index contributed by atoms with van der Waals surface area (Å²) in [5, 5.41) is 9.94. The minimum atomic E-state index is -3.44. The van der Waals surface area contributed by atoms with Crippen LogP contribution < -0.4 is 4.90 Å². The maximum Gasteiger partial charge on any atom is 0.236 e. The predicted octanol–water partition coefficient (Wildman–Crippen LogP) is 3.27. The molecule has 4 rings (SSSR count). The van der Waals surface area contributed by atoms with E-state index in [2.05, 4.69) is 15.1 Å². The van der Waals surface area contributed by atoms with Crippen LogP contribution in [0, 0.1) is 0 Å². The number of benzene rings is 2. The van der Waals surface area contributed by atoms with Crippen LogP contribution >= 0.6 is 0 Å². The van der Waals surface area contributed by atoms with Gasteiger partial charge in [-0.1, -0.05) is 60.7 Å². The first-order valence-corrected chi connectivity index (χ1v) is 11.0. The quantitative estimate of drug-likeness (QED) is 0.651. The highest BCUT2D eigenvalue weighted by molar-refractivity contribution is 7.92. The second kappa shape index (κ2) is 8.55. The summed E-state index contributed by atoms with van der Waals surface area (Å²) in [6.07, 6.45) is 1.63. The minimum Gasteiger partial charge on any atom is -0.352 e. The van der Waals surface area contributed by atoms with E-state index in [-0.39, 0.29) is 0 Å². The molecular formula is C22H22N4O2S. The first kappa shape index (κ1) is 19.3. The molecule has 0 saturated carbocycles. The van der Waals surface area contributed by atoms with Crippen LogP contribution in [-0.4, -0.2) is 49.1 Å². The molecule has 2 aromatic carbocycles. The molecule has 1 aliphatic heterocycles. The molecule has 7 heteroatoms. The van der Waals surface area contributed by atoms with Crippen molar-refractivity contribution in [3.63, 3.8) is 0 Å². The molecule has 1 saturated heterocycles. The van der Waals surface area contributed by atoms with Gasteiger partial charge in [0.25, 0.3) is 0 Å². The van der Waals surface area contributed by atoms with Crippen molar-refractivity contribution in [1.82, 2.24) is 14.5 Å². The van der Waals surface area contributed by atoms with Gasteiger partial charge in [0.05, 0.1) is 5.69 Å². The van der Waals surface area contributed by atoms with Gasteiger partial charge in [0.1, 0.15) is 0 Å². The Balaban J connectivity index is 1.38. The maximum atomic E-state index is 12.6. The van der Waals surface area contributed by atoms with Crippen molar-refractivity contribution in [3.8, 4) is 11.3 Å². The largest absolute Gasteiger partial charge is 0.352 e. The summed E-state index contributed by atoms with van der Waals surface area (Å²) in [7, 11) is -3.44. The van der Waals surface area contributed by atoms with Crippen molar-refractivity contribution in [1.29, 1.82) is 0 Å². The molecule has 0 atom stereocenters. The third-order valence-electron chi connectivity index (χ3n) is 4.87. The van der Waals surface area contributed by atoms with Gasteiger partial charge in [-0.3, -0.25) is 0 Å². The van der Waals surface area contributed by atoms with Crippen molar-refractivity contribution in [2.24, 2.45) is 0 Å². The molecule has 1 fully saturated rings. The molecule has 6 nitrogen and oxygen atoms in total. The third-order valence-corrected chi connectivity index (χ3v) is 6.44. The SMILES string of the molecule is O=S(=O)(/C=C\c1ccccc1)N1CCN(c2ccc(-c3ccccc3)nn2)CC1. The van der Waals surface area contributed by atoms with Gasteiger partial charge >= 0.3 is 0 Å². The van der Waals surface area contributed by atoms with E-state index in [4.69, 9.17) is 0 Å². The van der Waals surface area contributed by atoms with Crippen LogP contribution in [0.1, 0.15) is 5.56 Å². The van der Waals surface area contributed by atoms with Gasteiger partial charge < -0.3 is 4.90 Å². The molecule has 3 aromatic rings. The Morgan fingerprint density at radius 3 is 2.03 bits per heavy atom. The van der Waals surface area contributed by atoms with E-state index in [0.717, 1.165) is 22.6 Å². The Hall–Kier alpha value is -3.03. The predicted molar refractivity (Wildman–Crippen MR) is 116 cm³/mol. The topological polar surface area (TPSA) is 66.4 Å². The lowest BCUT2D eigenvalue weighted by Crippen LogP contribution is -2.48. The van der Waals surface area contributed by atoms with E-state index in [1.807, 2.05) is 72.8 Å². The fraction of sp³-hybridized carbons (Fsp3) is 0.182. The molecule has 0 amide bonds. The van der Waals surface area contributed by atoms with Crippen molar-refractivity contribution in [2.75, 3.05) is 31.1 Å². The van der Waals surface area contributed by atoms with Gasteiger partial charge in [-0.05, 0) is 23.8 Å². The number of hydrogen-bond acceptors (Lipinski definition) is 5. The molecule has 0 spiro atoms. The van der Waals surface area contributed by atoms with Gasteiger partial charge in [0.2, 0.25) is 10.0 Å². The standard InChI is InChI=1S/C22H22N4O2S/c27-29(28,18-13-19-7-3-1-4-8-19)26-16-14-25(15-17-26)22-12-11-21(23-24-22)20-9-5-2-6-10-20/h1-13,18H,14-17H2/b18-13-. The van der Waals surface area contributed by atoms with Crippen LogP contribution in [0.2, 0.25) is 0 Å². The molecule has 0 radical (unpaired) electrons. The Labute approximate surface area is 171 Å². The Kier molecular flexibility index (Phi) is 5.69. The monoisotopic (exact) mass is 406 g/mol. The van der Waals surface area contributed by atoms with Crippen LogP contribution in [-0.2, 0) is 10.0 Å². The van der Waals surface area contributed by atoms with Crippen LogP contribution in [0.4, 0.5) is 5.82 Å². The second-order valence-electron chi connectivity index (χ2n) is 6.79.